The first-order valence-corrected chi connectivity index (χ1v) is 7.30. The lowest BCUT2D eigenvalue weighted by Crippen LogP contribution is -2.00. The highest BCUT2D eigenvalue weighted by Crippen LogP contribution is 2.28. The second-order valence-corrected chi connectivity index (χ2v) is 5.16. The van der Waals surface area contributed by atoms with Gasteiger partial charge in [-0.2, -0.15) is 0 Å². The van der Waals surface area contributed by atoms with Gasteiger partial charge in [0.15, 0.2) is 5.78 Å². The molecule has 0 unspecified atom stereocenters. The molecule has 2 aromatic carbocycles. The Bertz CT molecular complexity index is 597. The van der Waals surface area contributed by atoms with E-state index >= 15 is 0 Å². The van der Waals surface area contributed by atoms with Crippen LogP contribution in [0, 0.1) is 0 Å². The normalized spacial score (nSPS) is 10.3. The predicted octanol–water partition coefficient (Wildman–Crippen LogP) is 5.36. The van der Waals surface area contributed by atoms with Crippen molar-refractivity contribution in [2.45, 2.75) is 0 Å². The molecule has 0 aliphatic heterocycles. The minimum Gasteiger partial charge on any atom is -0.457 e. The van der Waals surface area contributed by atoms with Crippen LogP contribution < -0.4 is 4.74 Å². The Morgan fingerprint density at radius 1 is 1.05 bits per heavy atom. The second-order valence-electron chi connectivity index (χ2n) is 3.75. The SMILES string of the molecule is O=C(CBr)c1ccc(Oc2ccc(Cl)cc2)cc1Cl. The molecule has 0 fully saturated rings. The molecule has 0 N–H and O–H groups in total. The molecular weight excluding hydrogens is 351 g/mol. The Hall–Kier alpha value is -1.03. The molecule has 0 bridgehead atoms. The maximum atomic E-state index is 11.6. The Morgan fingerprint density at radius 2 is 1.68 bits per heavy atom. The third kappa shape index (κ3) is 3.72. The van der Waals surface area contributed by atoms with Crippen molar-refractivity contribution in [2.24, 2.45) is 0 Å². The molecular formula is C14H9BrCl2O2. The van der Waals surface area contributed by atoms with Crippen molar-refractivity contribution in [2.75, 3.05) is 5.33 Å². The number of Topliss-reactive ketones (excluding diaryl/α,β-unsaturated/α-hetero) is 1. The van der Waals surface area contributed by atoms with Crippen molar-refractivity contribution < 1.29 is 9.53 Å². The summed E-state index contributed by atoms with van der Waals surface area (Å²) in [5.41, 5.74) is 0.474. The van der Waals surface area contributed by atoms with Crippen molar-refractivity contribution in [1.82, 2.24) is 0 Å². The average molecular weight is 360 g/mol. The summed E-state index contributed by atoms with van der Waals surface area (Å²) in [5.74, 6) is 1.15. The highest BCUT2D eigenvalue weighted by Gasteiger charge is 2.10. The fourth-order valence-electron chi connectivity index (χ4n) is 1.50. The summed E-state index contributed by atoms with van der Waals surface area (Å²) in [7, 11) is 0. The number of hydrogen-bond donors (Lipinski definition) is 0. The molecule has 0 aliphatic carbocycles. The van der Waals surface area contributed by atoms with Gasteiger partial charge in [-0.05, 0) is 36.4 Å². The Morgan fingerprint density at radius 3 is 2.26 bits per heavy atom. The molecule has 0 spiro atoms. The molecule has 0 aromatic heterocycles. The van der Waals surface area contributed by atoms with Gasteiger partial charge in [0.25, 0.3) is 0 Å². The topological polar surface area (TPSA) is 26.3 Å². The highest BCUT2D eigenvalue weighted by atomic mass is 79.9. The number of halogens is 3. The third-order valence-corrected chi connectivity index (χ3v) is 3.49. The van der Waals surface area contributed by atoms with Gasteiger partial charge in [-0.25, -0.2) is 0 Å². The molecule has 2 aromatic rings. The summed E-state index contributed by atoms with van der Waals surface area (Å²) in [5, 5.41) is 1.25. The van der Waals surface area contributed by atoms with Crippen LogP contribution in [0.25, 0.3) is 0 Å². The standard InChI is InChI=1S/C14H9BrCl2O2/c15-8-14(18)12-6-5-11(7-13(12)17)19-10-3-1-9(16)2-4-10/h1-7H,8H2. The summed E-state index contributed by atoms with van der Waals surface area (Å²) >= 11 is 15.0. The van der Waals surface area contributed by atoms with Crippen molar-refractivity contribution in [3.63, 3.8) is 0 Å². The molecule has 0 radical (unpaired) electrons. The van der Waals surface area contributed by atoms with Gasteiger partial charge in [0.2, 0.25) is 0 Å². The lowest BCUT2D eigenvalue weighted by Gasteiger charge is -2.08. The van der Waals surface area contributed by atoms with E-state index in [0.717, 1.165) is 0 Å². The van der Waals surface area contributed by atoms with Gasteiger partial charge in [0, 0.05) is 16.7 Å². The fourth-order valence-corrected chi connectivity index (χ4v) is 2.20. The summed E-state index contributed by atoms with van der Waals surface area (Å²) in [4.78, 5) is 11.6. The molecule has 2 rings (SSSR count). The maximum absolute atomic E-state index is 11.6. The quantitative estimate of drug-likeness (QED) is 0.542. The van der Waals surface area contributed by atoms with Crippen LogP contribution in [0.2, 0.25) is 10.0 Å². The number of ether oxygens (including phenoxy) is 1. The van der Waals surface area contributed by atoms with Crippen LogP contribution >= 0.6 is 39.1 Å². The molecule has 2 nitrogen and oxygen atoms in total. The molecule has 0 heterocycles. The molecule has 5 heteroatoms. The zero-order chi connectivity index (χ0) is 13.8. The minimum absolute atomic E-state index is 0.0666. The lowest BCUT2D eigenvalue weighted by molar-refractivity contribution is 0.102. The number of alkyl halides is 1. The smallest absolute Gasteiger partial charge is 0.174 e. The maximum Gasteiger partial charge on any atom is 0.174 e. The highest BCUT2D eigenvalue weighted by molar-refractivity contribution is 9.09. The van der Waals surface area contributed by atoms with Gasteiger partial charge < -0.3 is 4.74 Å². The van der Waals surface area contributed by atoms with Gasteiger partial charge in [-0.15, -0.1) is 0 Å². The minimum atomic E-state index is -0.0666. The van der Waals surface area contributed by atoms with E-state index < -0.39 is 0 Å². The second kappa shape index (κ2) is 6.42. The Kier molecular flexibility index (Phi) is 4.86. The predicted molar refractivity (Wildman–Crippen MR) is 81.1 cm³/mol. The van der Waals surface area contributed by atoms with E-state index in [0.29, 0.717) is 27.1 Å². The van der Waals surface area contributed by atoms with E-state index in [1.165, 1.54) is 0 Å². The molecule has 0 aliphatic rings. The summed E-state index contributed by atoms with van der Waals surface area (Å²) in [6.45, 7) is 0. The Labute approximate surface area is 129 Å². The van der Waals surface area contributed by atoms with E-state index in [9.17, 15) is 4.79 Å². The summed E-state index contributed by atoms with van der Waals surface area (Å²) in [6.07, 6.45) is 0. The summed E-state index contributed by atoms with van der Waals surface area (Å²) < 4.78 is 5.62. The van der Waals surface area contributed by atoms with Crippen molar-refractivity contribution in [1.29, 1.82) is 0 Å². The number of hydrogen-bond acceptors (Lipinski definition) is 2. The van der Waals surface area contributed by atoms with E-state index in [1.54, 1.807) is 42.5 Å². The van der Waals surface area contributed by atoms with Crippen LogP contribution in [0.15, 0.2) is 42.5 Å². The number of ketones is 1. The van der Waals surface area contributed by atoms with Crippen LogP contribution in [0.4, 0.5) is 0 Å². The van der Waals surface area contributed by atoms with E-state index in [2.05, 4.69) is 15.9 Å². The first-order valence-electron chi connectivity index (χ1n) is 5.42. The van der Waals surface area contributed by atoms with E-state index in [1.807, 2.05) is 0 Å². The molecule has 98 valence electrons. The van der Waals surface area contributed by atoms with Gasteiger partial charge in [-0.3, -0.25) is 4.79 Å². The van der Waals surface area contributed by atoms with Crippen LogP contribution in [0.5, 0.6) is 11.5 Å². The molecule has 0 saturated heterocycles. The van der Waals surface area contributed by atoms with E-state index in [-0.39, 0.29) is 11.1 Å². The largest absolute Gasteiger partial charge is 0.457 e. The molecule has 0 amide bonds. The van der Waals surface area contributed by atoms with Crippen LogP contribution in [0.1, 0.15) is 10.4 Å². The zero-order valence-corrected chi connectivity index (χ0v) is 12.8. The zero-order valence-electron chi connectivity index (χ0n) is 9.70. The van der Waals surface area contributed by atoms with Gasteiger partial charge in [-0.1, -0.05) is 39.1 Å². The lowest BCUT2D eigenvalue weighted by atomic mass is 10.1. The van der Waals surface area contributed by atoms with Crippen LogP contribution in [-0.2, 0) is 0 Å². The first kappa shape index (κ1) is 14.4. The third-order valence-electron chi connectivity index (χ3n) is 2.41. The van der Waals surface area contributed by atoms with Gasteiger partial charge >= 0.3 is 0 Å². The number of carbonyl (C=O) groups is 1. The monoisotopic (exact) mass is 358 g/mol. The van der Waals surface area contributed by atoms with Crippen LogP contribution in [0.3, 0.4) is 0 Å². The molecule has 0 saturated carbocycles. The van der Waals surface area contributed by atoms with Gasteiger partial charge in [0.1, 0.15) is 11.5 Å². The average Bonchev–Trinajstić information content (AvgIpc) is 2.41. The van der Waals surface area contributed by atoms with Gasteiger partial charge in [0.05, 0.1) is 10.4 Å². The Balaban J connectivity index is 2.20. The van der Waals surface area contributed by atoms with Crippen molar-refractivity contribution in [3.8, 4) is 11.5 Å². The number of rotatable bonds is 4. The fraction of sp³-hybridized carbons (Fsp3) is 0.0714. The molecule has 19 heavy (non-hydrogen) atoms. The first-order chi connectivity index (χ1) is 9.10. The number of carbonyl (C=O) groups excluding carboxylic acids is 1. The van der Waals surface area contributed by atoms with Crippen LogP contribution in [-0.4, -0.2) is 11.1 Å². The molecule has 0 atom stereocenters. The van der Waals surface area contributed by atoms with E-state index in [4.69, 9.17) is 27.9 Å². The number of benzene rings is 2. The summed E-state index contributed by atoms with van der Waals surface area (Å²) in [6, 6.07) is 12.0. The van der Waals surface area contributed by atoms with Crippen molar-refractivity contribution in [3.05, 3.63) is 58.1 Å². The van der Waals surface area contributed by atoms with Crippen molar-refractivity contribution >= 4 is 44.9 Å².